The summed E-state index contributed by atoms with van der Waals surface area (Å²) in [4.78, 5) is 2.73. The molecule has 2 rings (SSSR count). The van der Waals surface area contributed by atoms with Crippen LogP contribution in [0.5, 0.6) is 0 Å². The van der Waals surface area contributed by atoms with Gasteiger partial charge < -0.3 is 5.32 Å². The van der Waals surface area contributed by atoms with Crippen LogP contribution in [0.15, 0.2) is 0 Å². The summed E-state index contributed by atoms with van der Waals surface area (Å²) in [6, 6.07) is 1.48. The molecule has 0 spiro atoms. The van der Waals surface area contributed by atoms with E-state index >= 15 is 0 Å². The third kappa shape index (κ3) is 2.78. The Morgan fingerprint density at radius 2 is 2.12 bits per heavy atom. The summed E-state index contributed by atoms with van der Waals surface area (Å²) < 4.78 is 0. The van der Waals surface area contributed by atoms with E-state index in [4.69, 9.17) is 0 Å². The minimum Gasteiger partial charge on any atom is -0.309 e. The summed E-state index contributed by atoms with van der Waals surface area (Å²) >= 11 is 0. The number of nitrogens with zero attached hydrogens (tertiary/aromatic N) is 1. The molecule has 3 atom stereocenters. The highest BCUT2D eigenvalue weighted by atomic mass is 15.3. The highest BCUT2D eigenvalue weighted by Crippen LogP contribution is 2.35. The summed E-state index contributed by atoms with van der Waals surface area (Å²) in [5.41, 5.74) is 0.338. The van der Waals surface area contributed by atoms with E-state index < -0.39 is 0 Å². The van der Waals surface area contributed by atoms with Gasteiger partial charge in [-0.1, -0.05) is 19.8 Å². The van der Waals surface area contributed by atoms with Gasteiger partial charge in [0.2, 0.25) is 0 Å². The van der Waals surface area contributed by atoms with Crippen LogP contribution in [-0.2, 0) is 0 Å². The molecule has 1 saturated carbocycles. The normalized spacial score (nSPS) is 38.6. The zero-order chi connectivity index (χ0) is 11.8. The molecular weight excluding hydrogens is 196 g/mol. The lowest BCUT2D eigenvalue weighted by atomic mass is 9.92. The molecule has 0 amide bonds. The van der Waals surface area contributed by atoms with Crippen molar-refractivity contribution < 1.29 is 0 Å². The average Bonchev–Trinajstić information content (AvgIpc) is 3.06. The van der Waals surface area contributed by atoms with Gasteiger partial charge in [-0.2, -0.15) is 0 Å². The Morgan fingerprint density at radius 3 is 2.69 bits per heavy atom. The van der Waals surface area contributed by atoms with Crippen molar-refractivity contribution in [3.05, 3.63) is 0 Å². The first-order valence-electron chi connectivity index (χ1n) is 7.05. The molecule has 1 saturated heterocycles. The maximum atomic E-state index is 3.71. The number of rotatable bonds is 4. The molecule has 0 aromatic heterocycles. The second-order valence-corrected chi connectivity index (χ2v) is 6.34. The van der Waals surface area contributed by atoms with E-state index in [1.807, 2.05) is 0 Å². The molecule has 16 heavy (non-hydrogen) atoms. The molecular formula is C14H28N2. The second kappa shape index (κ2) is 4.66. The molecule has 2 fully saturated rings. The van der Waals surface area contributed by atoms with E-state index in [2.05, 4.69) is 37.9 Å². The van der Waals surface area contributed by atoms with Crippen LogP contribution < -0.4 is 5.32 Å². The van der Waals surface area contributed by atoms with Crippen LogP contribution in [0.3, 0.4) is 0 Å². The minimum atomic E-state index is 0.338. The van der Waals surface area contributed by atoms with Crippen molar-refractivity contribution in [2.24, 2.45) is 5.92 Å². The van der Waals surface area contributed by atoms with Gasteiger partial charge in [0.05, 0.1) is 0 Å². The first kappa shape index (κ1) is 12.4. The van der Waals surface area contributed by atoms with Gasteiger partial charge in [-0.25, -0.2) is 0 Å². The van der Waals surface area contributed by atoms with Gasteiger partial charge in [0.25, 0.3) is 0 Å². The lowest BCUT2D eigenvalue weighted by Crippen LogP contribution is -2.63. The average molecular weight is 224 g/mol. The zero-order valence-electron chi connectivity index (χ0n) is 11.4. The Kier molecular flexibility index (Phi) is 3.60. The van der Waals surface area contributed by atoms with Gasteiger partial charge in [-0.3, -0.25) is 4.90 Å². The predicted molar refractivity (Wildman–Crippen MR) is 69.7 cm³/mol. The van der Waals surface area contributed by atoms with Crippen molar-refractivity contribution in [2.45, 2.75) is 71.0 Å². The van der Waals surface area contributed by atoms with E-state index in [1.165, 1.54) is 32.2 Å². The molecule has 1 heterocycles. The van der Waals surface area contributed by atoms with Crippen LogP contribution in [0.25, 0.3) is 0 Å². The maximum absolute atomic E-state index is 3.71. The molecule has 94 valence electrons. The molecule has 0 aromatic carbocycles. The summed E-state index contributed by atoms with van der Waals surface area (Å²) in [5.74, 6) is 1.05. The van der Waals surface area contributed by atoms with Gasteiger partial charge in [-0.15, -0.1) is 0 Å². The Bertz CT molecular complexity index is 237. The fourth-order valence-corrected chi connectivity index (χ4v) is 2.92. The van der Waals surface area contributed by atoms with E-state index in [1.54, 1.807) is 0 Å². The van der Waals surface area contributed by atoms with Crippen molar-refractivity contribution in [3.8, 4) is 0 Å². The molecule has 2 heteroatoms. The predicted octanol–water partition coefficient (Wildman–Crippen LogP) is 2.64. The molecule has 3 unspecified atom stereocenters. The quantitative estimate of drug-likeness (QED) is 0.790. The fraction of sp³-hybridized carbons (Fsp3) is 1.00. The number of hydrogen-bond acceptors (Lipinski definition) is 2. The summed E-state index contributed by atoms with van der Waals surface area (Å²) in [5, 5.41) is 3.71. The molecule has 1 aliphatic carbocycles. The van der Waals surface area contributed by atoms with E-state index in [9.17, 15) is 0 Å². The zero-order valence-corrected chi connectivity index (χ0v) is 11.4. The largest absolute Gasteiger partial charge is 0.309 e. The third-order valence-corrected chi connectivity index (χ3v) is 4.64. The Morgan fingerprint density at radius 1 is 1.44 bits per heavy atom. The lowest BCUT2D eigenvalue weighted by molar-refractivity contribution is 0.0548. The Hall–Kier alpha value is -0.0800. The SMILES string of the molecule is CCC1(C)CN(C(C)CC2CC2)C(C)CN1. The number of hydrogen-bond donors (Lipinski definition) is 1. The van der Waals surface area contributed by atoms with Crippen molar-refractivity contribution in [2.75, 3.05) is 13.1 Å². The van der Waals surface area contributed by atoms with Crippen LogP contribution in [0.1, 0.15) is 53.4 Å². The number of piperazine rings is 1. The Balaban J connectivity index is 1.93. The topological polar surface area (TPSA) is 15.3 Å². The molecule has 1 aliphatic heterocycles. The highest BCUT2D eigenvalue weighted by Gasteiger charge is 2.36. The Labute approximate surface area is 101 Å². The van der Waals surface area contributed by atoms with E-state index in [-0.39, 0.29) is 0 Å². The summed E-state index contributed by atoms with van der Waals surface area (Å²) in [7, 11) is 0. The van der Waals surface area contributed by atoms with Crippen molar-refractivity contribution in [1.29, 1.82) is 0 Å². The van der Waals surface area contributed by atoms with Gasteiger partial charge in [-0.05, 0) is 39.5 Å². The smallest absolute Gasteiger partial charge is 0.0278 e. The molecule has 2 aliphatic rings. The van der Waals surface area contributed by atoms with Crippen LogP contribution in [0, 0.1) is 5.92 Å². The first-order chi connectivity index (χ1) is 7.54. The molecule has 2 nitrogen and oxygen atoms in total. The van der Waals surface area contributed by atoms with Crippen LogP contribution in [0.2, 0.25) is 0 Å². The first-order valence-corrected chi connectivity index (χ1v) is 7.05. The molecule has 0 bridgehead atoms. The van der Waals surface area contributed by atoms with Crippen molar-refractivity contribution >= 4 is 0 Å². The molecule has 1 N–H and O–H groups in total. The maximum Gasteiger partial charge on any atom is 0.0278 e. The van der Waals surface area contributed by atoms with Crippen molar-refractivity contribution in [1.82, 2.24) is 10.2 Å². The van der Waals surface area contributed by atoms with E-state index in [0.717, 1.165) is 18.5 Å². The van der Waals surface area contributed by atoms with Crippen LogP contribution >= 0.6 is 0 Å². The van der Waals surface area contributed by atoms with Gasteiger partial charge >= 0.3 is 0 Å². The van der Waals surface area contributed by atoms with Crippen molar-refractivity contribution in [3.63, 3.8) is 0 Å². The monoisotopic (exact) mass is 224 g/mol. The number of nitrogens with one attached hydrogen (secondary N) is 1. The van der Waals surface area contributed by atoms with Crippen LogP contribution in [-0.4, -0.2) is 35.6 Å². The second-order valence-electron chi connectivity index (χ2n) is 6.34. The van der Waals surface area contributed by atoms with Gasteiger partial charge in [0.15, 0.2) is 0 Å². The van der Waals surface area contributed by atoms with E-state index in [0.29, 0.717) is 11.6 Å². The minimum absolute atomic E-state index is 0.338. The summed E-state index contributed by atoms with van der Waals surface area (Å²) in [6.45, 7) is 11.8. The van der Waals surface area contributed by atoms with Gasteiger partial charge in [0.1, 0.15) is 0 Å². The molecule has 0 radical (unpaired) electrons. The summed E-state index contributed by atoms with van der Waals surface area (Å²) in [6.07, 6.45) is 5.61. The third-order valence-electron chi connectivity index (χ3n) is 4.64. The molecule has 0 aromatic rings. The lowest BCUT2D eigenvalue weighted by Gasteiger charge is -2.47. The standard InChI is InChI=1S/C14H28N2/c1-5-14(4)10-16(12(3)9-15-14)11(2)8-13-6-7-13/h11-13,15H,5-10H2,1-4H3. The van der Waals surface area contributed by atoms with Gasteiger partial charge in [0, 0.05) is 30.7 Å². The van der Waals surface area contributed by atoms with Crippen LogP contribution in [0.4, 0.5) is 0 Å². The fourth-order valence-electron chi connectivity index (χ4n) is 2.92. The highest BCUT2D eigenvalue weighted by molar-refractivity contribution is 4.95.